The maximum Gasteiger partial charge on any atom is 0.345 e. The van der Waals surface area contributed by atoms with Gasteiger partial charge in [-0.05, 0) is 63.3 Å². The second kappa shape index (κ2) is 13.3. The number of piperazine rings is 1. The van der Waals surface area contributed by atoms with Crippen molar-refractivity contribution in [2.75, 3.05) is 73.6 Å². The zero-order valence-electron chi connectivity index (χ0n) is 21.7. The average Bonchev–Trinajstić information content (AvgIpc) is 3.40. The third-order valence-corrected chi connectivity index (χ3v) is 6.95. The van der Waals surface area contributed by atoms with Crippen LogP contribution in [0.3, 0.4) is 0 Å². The SMILES string of the molecule is CCOC(=O)C1=C(N2CCN(C(=O)c3cccs3)CC2)/C(=C/C=C\NC)CN(CCCN(C)C)C1=O. The summed E-state index contributed by atoms with van der Waals surface area (Å²) in [6.45, 7) is 5.79. The summed E-state index contributed by atoms with van der Waals surface area (Å²) in [6.07, 6.45) is 6.43. The molecule has 0 atom stereocenters. The van der Waals surface area contributed by atoms with Crippen molar-refractivity contribution in [2.45, 2.75) is 13.3 Å². The summed E-state index contributed by atoms with van der Waals surface area (Å²) in [5.74, 6) is -0.881. The Hall–Kier alpha value is -3.11. The van der Waals surface area contributed by atoms with Crippen LogP contribution in [0.2, 0.25) is 0 Å². The second-order valence-corrected chi connectivity index (χ2v) is 9.87. The maximum absolute atomic E-state index is 13.6. The molecule has 1 fully saturated rings. The third kappa shape index (κ3) is 6.76. The maximum atomic E-state index is 13.6. The number of hydrogen-bond donors (Lipinski definition) is 1. The molecule has 2 aliphatic rings. The Kier molecular flexibility index (Phi) is 10.1. The number of esters is 1. The van der Waals surface area contributed by atoms with E-state index >= 15 is 0 Å². The van der Waals surface area contributed by atoms with Crippen molar-refractivity contribution in [1.82, 2.24) is 24.9 Å². The lowest BCUT2D eigenvalue weighted by Crippen LogP contribution is -2.51. The van der Waals surface area contributed by atoms with Crippen molar-refractivity contribution in [3.05, 3.63) is 57.6 Å². The van der Waals surface area contributed by atoms with Crippen LogP contribution < -0.4 is 5.32 Å². The highest BCUT2D eigenvalue weighted by Gasteiger charge is 2.38. The van der Waals surface area contributed by atoms with Gasteiger partial charge >= 0.3 is 5.97 Å². The molecule has 3 rings (SSSR count). The van der Waals surface area contributed by atoms with Crippen molar-refractivity contribution in [3.8, 4) is 0 Å². The lowest BCUT2D eigenvalue weighted by molar-refractivity contribution is -0.142. The Balaban J connectivity index is 1.92. The van der Waals surface area contributed by atoms with Crippen molar-refractivity contribution in [1.29, 1.82) is 0 Å². The first-order valence-electron chi connectivity index (χ1n) is 12.3. The summed E-state index contributed by atoms with van der Waals surface area (Å²) in [5.41, 5.74) is 1.58. The molecule has 196 valence electrons. The van der Waals surface area contributed by atoms with Gasteiger partial charge in [-0.25, -0.2) is 4.79 Å². The van der Waals surface area contributed by atoms with Crippen LogP contribution in [0.5, 0.6) is 0 Å². The highest BCUT2D eigenvalue weighted by molar-refractivity contribution is 7.12. The van der Waals surface area contributed by atoms with E-state index in [1.807, 2.05) is 55.7 Å². The van der Waals surface area contributed by atoms with Crippen molar-refractivity contribution >= 4 is 29.1 Å². The van der Waals surface area contributed by atoms with Crippen LogP contribution in [0.15, 0.2) is 52.7 Å². The quantitative estimate of drug-likeness (QED) is 0.376. The lowest BCUT2D eigenvalue weighted by Gasteiger charge is -2.41. The summed E-state index contributed by atoms with van der Waals surface area (Å²) < 4.78 is 5.35. The summed E-state index contributed by atoms with van der Waals surface area (Å²) in [6, 6.07) is 3.71. The number of nitrogens with zero attached hydrogens (tertiary/aromatic N) is 4. The molecule has 1 aromatic heterocycles. The number of carbonyl (C=O) groups is 3. The zero-order chi connectivity index (χ0) is 26.1. The number of amides is 2. The van der Waals surface area contributed by atoms with Crippen molar-refractivity contribution in [2.24, 2.45) is 0 Å². The fourth-order valence-corrected chi connectivity index (χ4v) is 5.05. The highest BCUT2D eigenvalue weighted by Crippen LogP contribution is 2.30. The molecule has 0 unspecified atom stereocenters. The van der Waals surface area contributed by atoms with Crippen molar-refractivity contribution < 1.29 is 19.1 Å². The standard InChI is InChI=1S/C26H37N5O4S/c1-5-35-26(34)22-23(29-14-16-30(17-15-29)24(32)21-10-7-18-36-21)20(9-6-11-27-2)19-31(25(22)33)13-8-12-28(3)4/h6-7,9-11,18,27H,5,8,12-17,19H2,1-4H3/b11-6-,20-9+. The van der Waals surface area contributed by atoms with Crippen molar-refractivity contribution in [3.63, 3.8) is 0 Å². The molecule has 36 heavy (non-hydrogen) atoms. The summed E-state index contributed by atoms with van der Waals surface area (Å²) in [7, 11) is 5.81. The number of allylic oxidation sites excluding steroid dienone is 2. The van der Waals surface area contributed by atoms with Crippen LogP contribution in [0.1, 0.15) is 23.0 Å². The van der Waals surface area contributed by atoms with Gasteiger partial charge in [-0.15, -0.1) is 11.3 Å². The smallest absolute Gasteiger partial charge is 0.345 e. The van der Waals surface area contributed by atoms with Crippen LogP contribution in [0.4, 0.5) is 0 Å². The monoisotopic (exact) mass is 515 g/mol. The molecule has 2 aliphatic heterocycles. The second-order valence-electron chi connectivity index (χ2n) is 8.92. The molecule has 10 heteroatoms. The molecule has 1 aromatic rings. The van der Waals surface area contributed by atoms with E-state index in [4.69, 9.17) is 4.74 Å². The summed E-state index contributed by atoms with van der Waals surface area (Å²) in [5, 5.41) is 4.88. The van der Waals surface area contributed by atoms with Crippen LogP contribution >= 0.6 is 11.3 Å². The van der Waals surface area contributed by atoms with Gasteiger partial charge in [-0.2, -0.15) is 0 Å². The fourth-order valence-electron chi connectivity index (χ4n) is 4.36. The number of rotatable bonds is 10. The van der Waals surface area contributed by atoms with Crippen LogP contribution in [-0.4, -0.2) is 111 Å². The summed E-state index contributed by atoms with van der Waals surface area (Å²) >= 11 is 1.43. The Morgan fingerprint density at radius 2 is 1.97 bits per heavy atom. The normalized spacial score (nSPS) is 18.1. The number of hydrogen-bond acceptors (Lipinski definition) is 8. The van der Waals surface area contributed by atoms with Crippen LogP contribution in [-0.2, 0) is 14.3 Å². The van der Waals surface area contributed by atoms with E-state index < -0.39 is 5.97 Å². The van der Waals surface area contributed by atoms with Gasteiger partial charge in [0, 0.05) is 46.3 Å². The fraction of sp³-hybridized carbons (Fsp3) is 0.500. The minimum absolute atomic E-state index is 0.0174. The molecule has 0 aromatic carbocycles. The Morgan fingerprint density at radius 1 is 1.22 bits per heavy atom. The van der Waals surface area contributed by atoms with E-state index in [-0.39, 0.29) is 24.0 Å². The van der Waals surface area contributed by atoms with E-state index in [1.165, 1.54) is 11.3 Å². The molecule has 0 spiro atoms. The highest BCUT2D eigenvalue weighted by atomic mass is 32.1. The van der Waals surface area contributed by atoms with Gasteiger partial charge in [-0.1, -0.05) is 12.1 Å². The first-order valence-corrected chi connectivity index (χ1v) is 13.2. The lowest BCUT2D eigenvalue weighted by atomic mass is 9.97. The third-order valence-electron chi connectivity index (χ3n) is 6.09. The molecule has 9 nitrogen and oxygen atoms in total. The minimum atomic E-state index is -0.601. The van der Waals surface area contributed by atoms with Gasteiger partial charge in [0.2, 0.25) is 0 Å². The number of nitrogens with one attached hydrogen (secondary N) is 1. The molecule has 0 bridgehead atoms. The topological polar surface area (TPSA) is 85.4 Å². The van der Waals surface area contributed by atoms with Gasteiger partial charge in [0.1, 0.15) is 5.57 Å². The Morgan fingerprint density at radius 3 is 2.58 bits per heavy atom. The van der Waals surface area contributed by atoms with E-state index in [9.17, 15) is 14.4 Å². The molecular weight excluding hydrogens is 478 g/mol. The molecule has 1 N–H and O–H groups in total. The first-order chi connectivity index (χ1) is 17.4. The van der Waals surface area contributed by atoms with Gasteiger partial charge in [0.05, 0.1) is 17.2 Å². The Bertz CT molecular complexity index is 1010. The number of thiophene rings is 1. The minimum Gasteiger partial charge on any atom is -0.462 e. The molecule has 0 aliphatic carbocycles. The predicted octanol–water partition coefficient (Wildman–Crippen LogP) is 1.78. The van der Waals surface area contributed by atoms with Crippen LogP contribution in [0, 0.1) is 0 Å². The van der Waals surface area contributed by atoms with Gasteiger partial charge in [0.25, 0.3) is 11.8 Å². The Labute approximate surface area is 217 Å². The van der Waals surface area contributed by atoms with E-state index in [0.717, 1.165) is 18.5 Å². The van der Waals surface area contributed by atoms with E-state index in [1.54, 1.807) is 18.0 Å². The average molecular weight is 516 g/mol. The first kappa shape index (κ1) is 27.5. The largest absolute Gasteiger partial charge is 0.462 e. The number of carbonyl (C=O) groups excluding carboxylic acids is 3. The van der Waals surface area contributed by atoms with Gasteiger partial charge in [0.15, 0.2) is 0 Å². The number of ether oxygens (including phenoxy) is 1. The van der Waals surface area contributed by atoms with Gasteiger partial charge < -0.3 is 29.7 Å². The van der Waals surface area contributed by atoms with Crippen LogP contribution in [0.25, 0.3) is 0 Å². The molecular formula is C26H37N5O4S. The zero-order valence-corrected chi connectivity index (χ0v) is 22.5. The van der Waals surface area contributed by atoms with Gasteiger partial charge in [-0.3, -0.25) is 9.59 Å². The molecule has 0 radical (unpaired) electrons. The predicted molar refractivity (Wildman–Crippen MR) is 141 cm³/mol. The van der Waals surface area contributed by atoms with E-state index in [0.29, 0.717) is 49.8 Å². The summed E-state index contributed by atoms with van der Waals surface area (Å²) in [4.78, 5) is 47.9. The molecule has 2 amide bonds. The molecule has 1 saturated heterocycles. The molecule has 0 saturated carbocycles. The molecule has 3 heterocycles. The van der Waals surface area contributed by atoms with E-state index in [2.05, 4.69) is 15.1 Å².